The quantitative estimate of drug-likeness (QED) is 0.613. The van der Waals surface area contributed by atoms with Crippen LogP contribution in [-0.2, 0) is 16.1 Å². The highest BCUT2D eigenvalue weighted by Crippen LogP contribution is 2.19. The molecule has 2 fully saturated rings. The van der Waals surface area contributed by atoms with Crippen molar-refractivity contribution in [2.75, 3.05) is 69.8 Å². The first-order chi connectivity index (χ1) is 16.0. The van der Waals surface area contributed by atoms with Crippen molar-refractivity contribution in [2.24, 2.45) is 0 Å². The summed E-state index contributed by atoms with van der Waals surface area (Å²) in [6, 6.07) is 15.0. The van der Waals surface area contributed by atoms with Gasteiger partial charge < -0.3 is 19.4 Å². The van der Waals surface area contributed by atoms with E-state index in [4.69, 9.17) is 4.74 Å². The number of carbonyl (C=O) groups is 1. The molecule has 0 aliphatic carbocycles. The van der Waals surface area contributed by atoms with Gasteiger partial charge in [0.25, 0.3) is 0 Å². The first-order valence-electron chi connectivity index (χ1n) is 11.9. The van der Waals surface area contributed by atoms with Crippen molar-refractivity contribution in [3.8, 4) is 0 Å². The monoisotopic (exact) mass is 454 g/mol. The Balaban J connectivity index is 1.35. The largest absolute Gasteiger partial charge is 0.378 e. The van der Waals surface area contributed by atoms with Gasteiger partial charge in [-0.2, -0.15) is 0 Å². The number of rotatable bonds is 8. The average Bonchev–Trinajstić information content (AvgIpc) is 3.33. The zero-order valence-corrected chi connectivity index (χ0v) is 19.8. The predicted octanol–water partition coefficient (Wildman–Crippen LogP) is 3.22. The zero-order valence-electron chi connectivity index (χ0n) is 19.8. The van der Waals surface area contributed by atoms with Crippen LogP contribution in [0.3, 0.4) is 0 Å². The van der Waals surface area contributed by atoms with Crippen molar-refractivity contribution in [3.05, 3.63) is 59.9 Å². The van der Waals surface area contributed by atoms with Crippen molar-refractivity contribution >= 4 is 17.3 Å². The van der Waals surface area contributed by atoms with Crippen LogP contribution >= 0.6 is 0 Å². The lowest BCUT2D eigenvalue weighted by atomic mass is 10.1. The van der Waals surface area contributed by atoms with Crippen LogP contribution in [0.25, 0.3) is 0 Å². The fourth-order valence-electron chi connectivity index (χ4n) is 4.52. The van der Waals surface area contributed by atoms with Gasteiger partial charge in [0.2, 0.25) is 5.91 Å². The Kier molecular flexibility index (Phi) is 7.83. The van der Waals surface area contributed by atoms with E-state index in [1.807, 2.05) is 31.1 Å². The van der Waals surface area contributed by atoms with Crippen LogP contribution in [-0.4, -0.2) is 81.8 Å². The summed E-state index contributed by atoms with van der Waals surface area (Å²) < 4.78 is 19.0. The minimum Gasteiger partial charge on any atom is -0.378 e. The maximum atomic E-state index is 13.3. The van der Waals surface area contributed by atoms with Crippen molar-refractivity contribution in [2.45, 2.75) is 25.5 Å². The minimum absolute atomic E-state index is 0.130. The van der Waals surface area contributed by atoms with Crippen LogP contribution in [0.4, 0.5) is 15.8 Å². The van der Waals surface area contributed by atoms with E-state index in [-0.39, 0.29) is 17.8 Å². The first-order valence-corrected chi connectivity index (χ1v) is 11.9. The number of anilines is 2. The maximum Gasteiger partial charge on any atom is 0.237 e. The number of hydrogen-bond acceptors (Lipinski definition) is 5. The smallest absolute Gasteiger partial charge is 0.237 e. The summed E-state index contributed by atoms with van der Waals surface area (Å²) in [6.45, 7) is 5.73. The molecule has 0 aromatic heterocycles. The lowest BCUT2D eigenvalue weighted by Crippen LogP contribution is -2.50. The van der Waals surface area contributed by atoms with Gasteiger partial charge in [-0.3, -0.25) is 9.69 Å². The van der Waals surface area contributed by atoms with Crippen LogP contribution in [0, 0.1) is 5.82 Å². The fraction of sp³-hybridized carbons (Fsp3) is 0.500. The third kappa shape index (κ3) is 6.45. The lowest BCUT2D eigenvalue weighted by molar-refractivity contribution is -0.134. The van der Waals surface area contributed by atoms with Crippen LogP contribution in [0.2, 0.25) is 0 Å². The van der Waals surface area contributed by atoms with Crippen molar-refractivity contribution < 1.29 is 13.9 Å². The second-order valence-electron chi connectivity index (χ2n) is 9.21. The Bertz CT molecular complexity index is 890. The highest BCUT2D eigenvalue weighted by molar-refractivity contribution is 5.78. The highest BCUT2D eigenvalue weighted by Gasteiger charge is 2.26. The van der Waals surface area contributed by atoms with Crippen LogP contribution in [0.1, 0.15) is 18.4 Å². The van der Waals surface area contributed by atoms with Gasteiger partial charge in [-0.1, -0.05) is 12.1 Å². The number of nitrogens with zero attached hydrogens (tertiary/aromatic N) is 4. The first kappa shape index (κ1) is 23.5. The standard InChI is InChI=1S/C26H35FN4O2/c1-28(2)23-9-5-21(6-10-23)18-31(19-25-4-3-17-33-25)26(32)20-29-13-15-30(16-14-29)24-11-7-22(27)8-12-24/h5-12,25H,3-4,13-20H2,1-2H3/t25-/m1/s1. The summed E-state index contributed by atoms with van der Waals surface area (Å²) in [5, 5.41) is 0. The third-order valence-corrected chi connectivity index (χ3v) is 6.55. The van der Waals surface area contributed by atoms with Gasteiger partial charge in [0.1, 0.15) is 5.82 Å². The zero-order chi connectivity index (χ0) is 23.2. The SMILES string of the molecule is CN(C)c1ccc(CN(C[C@H]2CCCO2)C(=O)CN2CCN(c3ccc(F)cc3)CC2)cc1. The molecule has 2 aromatic rings. The van der Waals surface area contributed by atoms with E-state index in [0.29, 0.717) is 19.6 Å². The summed E-state index contributed by atoms with van der Waals surface area (Å²) in [6.07, 6.45) is 2.21. The van der Waals surface area contributed by atoms with Gasteiger partial charge in [-0.25, -0.2) is 4.39 Å². The molecule has 33 heavy (non-hydrogen) atoms. The van der Waals surface area contributed by atoms with E-state index in [9.17, 15) is 9.18 Å². The van der Waals surface area contributed by atoms with E-state index < -0.39 is 0 Å². The Morgan fingerprint density at radius 3 is 2.33 bits per heavy atom. The number of carbonyl (C=O) groups excluding carboxylic acids is 1. The molecule has 2 heterocycles. The van der Waals surface area contributed by atoms with E-state index in [2.05, 4.69) is 39.0 Å². The van der Waals surface area contributed by atoms with Gasteiger partial charge >= 0.3 is 0 Å². The van der Waals surface area contributed by atoms with E-state index in [1.165, 1.54) is 12.1 Å². The molecule has 0 N–H and O–H groups in total. The van der Waals surface area contributed by atoms with Crippen LogP contribution in [0.15, 0.2) is 48.5 Å². The Morgan fingerprint density at radius 1 is 1.03 bits per heavy atom. The molecule has 2 aromatic carbocycles. The molecule has 178 valence electrons. The number of ether oxygens (including phenoxy) is 1. The molecule has 0 spiro atoms. The Hall–Kier alpha value is -2.64. The maximum absolute atomic E-state index is 13.3. The lowest BCUT2D eigenvalue weighted by Gasteiger charge is -2.37. The molecule has 0 bridgehead atoms. The number of amides is 1. The summed E-state index contributed by atoms with van der Waals surface area (Å²) in [5.74, 6) is -0.0666. The van der Waals surface area contributed by atoms with Crippen molar-refractivity contribution in [1.29, 1.82) is 0 Å². The Labute approximate surface area is 196 Å². The second kappa shape index (κ2) is 11.0. The molecule has 6 nitrogen and oxygen atoms in total. The molecule has 0 saturated carbocycles. The van der Waals surface area contributed by atoms with Gasteiger partial charge in [0.15, 0.2) is 0 Å². The van der Waals surface area contributed by atoms with Gasteiger partial charge in [-0.15, -0.1) is 0 Å². The average molecular weight is 455 g/mol. The Morgan fingerprint density at radius 2 is 1.73 bits per heavy atom. The number of halogens is 1. The topological polar surface area (TPSA) is 39.3 Å². The molecule has 0 radical (unpaired) electrons. The molecule has 2 aliphatic heterocycles. The van der Waals surface area contributed by atoms with Crippen molar-refractivity contribution in [1.82, 2.24) is 9.80 Å². The summed E-state index contributed by atoms with van der Waals surface area (Å²) in [4.78, 5) is 21.8. The van der Waals surface area contributed by atoms with Gasteiger partial charge in [0, 0.05) is 71.3 Å². The third-order valence-electron chi connectivity index (χ3n) is 6.55. The normalized spacial score (nSPS) is 19.0. The molecule has 2 saturated heterocycles. The minimum atomic E-state index is -0.217. The molecule has 1 atom stereocenters. The summed E-state index contributed by atoms with van der Waals surface area (Å²) >= 11 is 0. The fourth-order valence-corrected chi connectivity index (χ4v) is 4.52. The van der Waals surface area contributed by atoms with Gasteiger partial charge in [0.05, 0.1) is 12.6 Å². The summed E-state index contributed by atoms with van der Waals surface area (Å²) in [7, 11) is 4.05. The highest BCUT2D eigenvalue weighted by atomic mass is 19.1. The molecule has 4 rings (SSSR count). The van der Waals surface area contributed by atoms with E-state index >= 15 is 0 Å². The van der Waals surface area contributed by atoms with E-state index in [0.717, 1.165) is 62.6 Å². The number of hydrogen-bond donors (Lipinski definition) is 0. The molecule has 1 amide bonds. The molecular formula is C26H35FN4O2. The van der Waals surface area contributed by atoms with Crippen LogP contribution in [0.5, 0.6) is 0 Å². The molecular weight excluding hydrogens is 419 g/mol. The second-order valence-corrected chi connectivity index (χ2v) is 9.21. The van der Waals surface area contributed by atoms with Crippen LogP contribution < -0.4 is 9.80 Å². The molecule has 2 aliphatic rings. The number of piperazine rings is 1. The van der Waals surface area contributed by atoms with E-state index in [1.54, 1.807) is 0 Å². The molecule has 0 unspecified atom stereocenters. The number of benzene rings is 2. The predicted molar refractivity (Wildman–Crippen MR) is 130 cm³/mol. The summed E-state index contributed by atoms with van der Waals surface area (Å²) in [5.41, 5.74) is 3.31. The van der Waals surface area contributed by atoms with Gasteiger partial charge in [-0.05, 0) is 54.8 Å². The van der Waals surface area contributed by atoms with Crippen molar-refractivity contribution in [3.63, 3.8) is 0 Å². The molecule has 7 heteroatoms.